The molecule has 0 amide bonds. The summed E-state index contributed by atoms with van der Waals surface area (Å²) in [5, 5.41) is 3.34. The lowest BCUT2D eigenvalue weighted by Gasteiger charge is -2.00. The van der Waals surface area contributed by atoms with Gasteiger partial charge < -0.3 is 5.73 Å². The number of rotatable bonds is 0. The molecular weight excluding hydrogens is 209 g/mol. The second-order valence-corrected chi connectivity index (χ2v) is 3.08. The van der Waals surface area contributed by atoms with E-state index in [1.807, 2.05) is 0 Å². The third-order valence-corrected chi connectivity index (χ3v) is 2.03. The number of hydrogen-bond acceptors (Lipinski definition) is 3. The second kappa shape index (κ2) is 2.85. The number of pyridine rings is 1. The Hall–Kier alpha value is -1.79. The molecule has 4 nitrogen and oxygen atoms in total. The first-order valence-electron chi connectivity index (χ1n) is 4.08. The van der Waals surface area contributed by atoms with Crippen molar-refractivity contribution in [3.63, 3.8) is 0 Å². The van der Waals surface area contributed by atoms with Gasteiger partial charge in [0.25, 0.3) is 5.82 Å². The molecule has 0 fully saturated rings. The molecule has 2 rings (SSSR count). The lowest BCUT2D eigenvalue weighted by molar-refractivity contribution is -0.144. The van der Waals surface area contributed by atoms with Gasteiger partial charge in [0.05, 0.1) is 11.4 Å². The van der Waals surface area contributed by atoms with Gasteiger partial charge in [-0.3, -0.25) is 0 Å². The molecule has 0 saturated heterocycles. The highest BCUT2D eigenvalue weighted by Gasteiger charge is 2.36. The van der Waals surface area contributed by atoms with Gasteiger partial charge in [0.15, 0.2) is 5.65 Å². The highest BCUT2D eigenvalue weighted by Crippen LogP contribution is 2.27. The quantitative estimate of drug-likeness (QED) is 0.728. The predicted molar refractivity (Wildman–Crippen MR) is 47.1 cm³/mol. The summed E-state index contributed by atoms with van der Waals surface area (Å²) < 4.78 is 37.9. The van der Waals surface area contributed by atoms with Crippen LogP contribution in [0.25, 0.3) is 5.65 Å². The lowest BCUT2D eigenvalue weighted by atomic mass is 10.3. The van der Waals surface area contributed by atoms with Crippen LogP contribution in [0.5, 0.6) is 0 Å². The Balaban J connectivity index is 2.72. The molecule has 0 aliphatic heterocycles. The number of halogens is 3. The summed E-state index contributed by atoms with van der Waals surface area (Å²) in [6.07, 6.45) is -4.53. The summed E-state index contributed by atoms with van der Waals surface area (Å²) in [4.78, 5) is 3.36. The molecule has 0 unspecified atom stereocenters. The number of hydrogen-bond donors (Lipinski definition) is 1. The van der Waals surface area contributed by atoms with Gasteiger partial charge in [0.1, 0.15) is 0 Å². The van der Waals surface area contributed by atoms with Gasteiger partial charge in [-0.1, -0.05) is 0 Å². The van der Waals surface area contributed by atoms with Crippen LogP contribution in [0.1, 0.15) is 11.5 Å². The Morgan fingerprint density at radius 3 is 2.60 bits per heavy atom. The fraction of sp³-hybridized carbons (Fsp3) is 0.250. The Labute approximate surface area is 82.5 Å². The normalized spacial score (nSPS) is 12.3. The fourth-order valence-corrected chi connectivity index (χ4v) is 1.21. The summed E-state index contributed by atoms with van der Waals surface area (Å²) in [5.41, 5.74) is 6.48. The first-order chi connectivity index (χ1) is 6.89. The number of aryl methyl sites for hydroxylation is 1. The first-order valence-corrected chi connectivity index (χ1v) is 4.08. The lowest BCUT2D eigenvalue weighted by Crippen LogP contribution is -2.08. The van der Waals surface area contributed by atoms with Crippen molar-refractivity contribution < 1.29 is 13.2 Å². The average molecular weight is 216 g/mol. The van der Waals surface area contributed by atoms with Crippen molar-refractivity contribution in [2.24, 2.45) is 0 Å². The molecule has 2 heterocycles. The van der Waals surface area contributed by atoms with E-state index in [9.17, 15) is 13.2 Å². The van der Waals surface area contributed by atoms with Gasteiger partial charge in [0, 0.05) is 0 Å². The number of fused-ring (bicyclic) bond motifs is 1. The maximum Gasteiger partial charge on any atom is 0.453 e. The van der Waals surface area contributed by atoms with Crippen molar-refractivity contribution in [1.82, 2.24) is 14.6 Å². The molecular formula is C8H7F3N4. The van der Waals surface area contributed by atoms with Crippen LogP contribution in [0.4, 0.5) is 18.9 Å². The van der Waals surface area contributed by atoms with Crippen LogP contribution in [-0.4, -0.2) is 14.6 Å². The largest absolute Gasteiger partial charge is 0.453 e. The van der Waals surface area contributed by atoms with Crippen LogP contribution in [-0.2, 0) is 6.18 Å². The molecule has 0 spiro atoms. The van der Waals surface area contributed by atoms with Gasteiger partial charge in [-0.15, -0.1) is 5.10 Å². The number of alkyl halides is 3. The maximum atomic E-state index is 12.3. The first kappa shape index (κ1) is 9.75. The van der Waals surface area contributed by atoms with E-state index in [4.69, 9.17) is 5.73 Å². The third kappa shape index (κ3) is 1.49. The molecule has 0 aromatic carbocycles. The number of nitrogens with two attached hydrogens (primary N) is 1. The van der Waals surface area contributed by atoms with Crippen molar-refractivity contribution >= 4 is 11.3 Å². The van der Waals surface area contributed by atoms with Crippen LogP contribution in [0, 0.1) is 6.92 Å². The molecule has 0 atom stereocenters. The molecule has 0 aliphatic carbocycles. The van der Waals surface area contributed by atoms with Crippen molar-refractivity contribution in [2.75, 3.05) is 5.73 Å². The van der Waals surface area contributed by atoms with Crippen LogP contribution in [0.15, 0.2) is 12.1 Å². The van der Waals surface area contributed by atoms with Crippen LogP contribution < -0.4 is 5.73 Å². The van der Waals surface area contributed by atoms with Crippen LogP contribution >= 0.6 is 0 Å². The Morgan fingerprint density at radius 2 is 2.00 bits per heavy atom. The standard InChI is InChI=1S/C8H7F3N4/c1-4-5(12)2-3-6-13-7(8(9,10)11)14-15(4)6/h2-3H,12H2,1H3. The SMILES string of the molecule is Cc1c(N)ccc2nc(C(F)(F)F)nn12. The van der Waals surface area contributed by atoms with Gasteiger partial charge >= 0.3 is 6.18 Å². The van der Waals surface area contributed by atoms with Gasteiger partial charge in [-0.05, 0) is 19.1 Å². The highest BCUT2D eigenvalue weighted by molar-refractivity contribution is 5.51. The smallest absolute Gasteiger partial charge is 0.397 e. The molecule has 0 bridgehead atoms. The number of anilines is 1. The van der Waals surface area contributed by atoms with E-state index in [0.29, 0.717) is 11.4 Å². The van der Waals surface area contributed by atoms with E-state index in [0.717, 1.165) is 4.52 Å². The molecule has 15 heavy (non-hydrogen) atoms. The van der Waals surface area contributed by atoms with E-state index in [-0.39, 0.29) is 5.65 Å². The minimum Gasteiger partial charge on any atom is -0.397 e. The number of nitrogen functional groups attached to an aromatic ring is 1. The van der Waals surface area contributed by atoms with E-state index in [2.05, 4.69) is 10.1 Å². The molecule has 80 valence electrons. The van der Waals surface area contributed by atoms with Crippen molar-refractivity contribution in [2.45, 2.75) is 13.1 Å². The van der Waals surface area contributed by atoms with Gasteiger partial charge in [-0.2, -0.15) is 13.2 Å². The Bertz CT molecular complexity index is 514. The fourth-order valence-electron chi connectivity index (χ4n) is 1.21. The zero-order valence-corrected chi connectivity index (χ0v) is 7.71. The summed E-state index contributed by atoms with van der Waals surface area (Å²) in [6, 6.07) is 2.89. The van der Waals surface area contributed by atoms with Gasteiger partial charge in [0.2, 0.25) is 0 Å². The van der Waals surface area contributed by atoms with E-state index in [1.54, 1.807) is 6.92 Å². The summed E-state index contributed by atoms with van der Waals surface area (Å²) in [6.45, 7) is 1.58. The molecule has 0 aliphatic rings. The monoisotopic (exact) mass is 216 g/mol. The summed E-state index contributed by atoms with van der Waals surface area (Å²) >= 11 is 0. The summed E-state index contributed by atoms with van der Waals surface area (Å²) in [5.74, 6) is -1.16. The molecule has 2 aromatic rings. The molecule has 0 saturated carbocycles. The molecule has 7 heteroatoms. The molecule has 0 radical (unpaired) electrons. The Morgan fingerprint density at radius 1 is 1.33 bits per heavy atom. The minimum absolute atomic E-state index is 0.133. The van der Waals surface area contributed by atoms with Crippen molar-refractivity contribution in [3.8, 4) is 0 Å². The average Bonchev–Trinajstić information content (AvgIpc) is 2.55. The van der Waals surface area contributed by atoms with Crippen LogP contribution in [0.3, 0.4) is 0 Å². The summed E-state index contributed by atoms with van der Waals surface area (Å²) in [7, 11) is 0. The molecule has 2 aromatic heterocycles. The maximum absolute atomic E-state index is 12.3. The zero-order chi connectivity index (χ0) is 11.2. The Kier molecular flexibility index (Phi) is 1.85. The van der Waals surface area contributed by atoms with Crippen LogP contribution in [0.2, 0.25) is 0 Å². The van der Waals surface area contributed by atoms with Gasteiger partial charge in [-0.25, -0.2) is 9.50 Å². The van der Waals surface area contributed by atoms with E-state index in [1.165, 1.54) is 12.1 Å². The highest BCUT2D eigenvalue weighted by atomic mass is 19.4. The van der Waals surface area contributed by atoms with E-state index >= 15 is 0 Å². The minimum atomic E-state index is -4.53. The number of aromatic nitrogens is 3. The van der Waals surface area contributed by atoms with Crippen molar-refractivity contribution in [3.05, 3.63) is 23.7 Å². The predicted octanol–water partition coefficient (Wildman–Crippen LogP) is 1.64. The second-order valence-electron chi connectivity index (χ2n) is 3.08. The zero-order valence-electron chi connectivity index (χ0n) is 7.71. The molecule has 2 N–H and O–H groups in total. The topological polar surface area (TPSA) is 56.2 Å². The van der Waals surface area contributed by atoms with Crippen molar-refractivity contribution in [1.29, 1.82) is 0 Å². The third-order valence-electron chi connectivity index (χ3n) is 2.03. The number of nitrogens with zero attached hydrogens (tertiary/aromatic N) is 3. The van der Waals surface area contributed by atoms with E-state index < -0.39 is 12.0 Å².